The molecule has 0 saturated carbocycles. The smallest absolute Gasteiger partial charge is 0.140 e. The van der Waals surface area contributed by atoms with E-state index in [-0.39, 0.29) is 0 Å². The predicted octanol–water partition coefficient (Wildman–Crippen LogP) is 3.40. The zero-order chi connectivity index (χ0) is 13.0. The summed E-state index contributed by atoms with van der Waals surface area (Å²) in [5, 5.41) is 6.69. The van der Waals surface area contributed by atoms with E-state index in [2.05, 4.69) is 10.3 Å². The van der Waals surface area contributed by atoms with Crippen molar-refractivity contribution in [3.05, 3.63) is 44.9 Å². The summed E-state index contributed by atoms with van der Waals surface area (Å²) in [6, 6.07) is 5.82. The first-order valence-corrected chi connectivity index (χ1v) is 6.91. The summed E-state index contributed by atoms with van der Waals surface area (Å²) in [4.78, 5) is 4.34. The van der Waals surface area contributed by atoms with Crippen molar-refractivity contribution in [1.29, 1.82) is 0 Å². The van der Waals surface area contributed by atoms with Gasteiger partial charge in [-0.1, -0.05) is 17.7 Å². The number of benzene rings is 1. The third-order valence-electron chi connectivity index (χ3n) is 2.39. The van der Waals surface area contributed by atoms with E-state index in [4.69, 9.17) is 16.3 Å². The van der Waals surface area contributed by atoms with E-state index in [1.165, 1.54) is 0 Å². The maximum Gasteiger partial charge on any atom is 0.140 e. The molecule has 0 saturated heterocycles. The molecule has 1 N–H and O–H groups in total. The SMILES string of the molecule is CNCc1ccc(OCc2nc(C)cs2)c(Cl)c1. The van der Waals surface area contributed by atoms with E-state index < -0.39 is 0 Å². The second kappa shape index (κ2) is 6.18. The van der Waals surface area contributed by atoms with Gasteiger partial charge in [-0.3, -0.25) is 0 Å². The maximum absolute atomic E-state index is 6.17. The van der Waals surface area contributed by atoms with Crippen LogP contribution in [0.25, 0.3) is 0 Å². The number of nitrogens with zero attached hydrogens (tertiary/aromatic N) is 1. The molecule has 5 heteroatoms. The minimum Gasteiger partial charge on any atom is -0.485 e. The molecule has 0 spiro atoms. The second-order valence-electron chi connectivity index (χ2n) is 3.97. The van der Waals surface area contributed by atoms with Crippen molar-refractivity contribution < 1.29 is 4.74 Å². The standard InChI is InChI=1S/C13H15ClN2OS/c1-9-8-18-13(16-9)7-17-12-4-3-10(6-15-2)5-11(12)14/h3-5,8,15H,6-7H2,1-2H3. The molecule has 2 aromatic rings. The second-order valence-corrected chi connectivity index (χ2v) is 5.32. The first-order valence-electron chi connectivity index (χ1n) is 5.66. The Kier molecular flexibility index (Phi) is 4.58. The third kappa shape index (κ3) is 3.45. The molecule has 0 aliphatic rings. The molecule has 0 atom stereocenters. The molecule has 0 unspecified atom stereocenters. The van der Waals surface area contributed by atoms with Gasteiger partial charge >= 0.3 is 0 Å². The molecule has 0 aliphatic heterocycles. The van der Waals surface area contributed by atoms with Gasteiger partial charge in [-0.25, -0.2) is 4.98 Å². The Bertz CT molecular complexity index is 527. The Hall–Kier alpha value is -1.10. The lowest BCUT2D eigenvalue weighted by atomic mass is 10.2. The van der Waals surface area contributed by atoms with E-state index in [1.807, 2.05) is 37.6 Å². The van der Waals surface area contributed by atoms with Crippen molar-refractivity contribution >= 4 is 22.9 Å². The molecule has 1 aromatic carbocycles. The zero-order valence-electron chi connectivity index (χ0n) is 10.4. The minimum absolute atomic E-state index is 0.462. The molecule has 0 aliphatic carbocycles. The topological polar surface area (TPSA) is 34.1 Å². The van der Waals surface area contributed by atoms with Gasteiger partial charge in [0.1, 0.15) is 17.4 Å². The Morgan fingerprint density at radius 3 is 2.89 bits per heavy atom. The highest BCUT2D eigenvalue weighted by molar-refractivity contribution is 7.09. The summed E-state index contributed by atoms with van der Waals surface area (Å²) in [5.41, 5.74) is 2.16. The average Bonchev–Trinajstić information content (AvgIpc) is 2.74. The van der Waals surface area contributed by atoms with Gasteiger partial charge in [0, 0.05) is 17.6 Å². The maximum atomic E-state index is 6.17. The van der Waals surface area contributed by atoms with Crippen LogP contribution in [0.1, 0.15) is 16.3 Å². The average molecular weight is 283 g/mol. The van der Waals surface area contributed by atoms with Crippen molar-refractivity contribution in [1.82, 2.24) is 10.3 Å². The van der Waals surface area contributed by atoms with Crippen LogP contribution >= 0.6 is 22.9 Å². The number of ether oxygens (including phenoxy) is 1. The first kappa shape index (κ1) is 13.3. The van der Waals surface area contributed by atoms with Crippen molar-refractivity contribution in [2.45, 2.75) is 20.1 Å². The molecular formula is C13H15ClN2OS. The molecule has 1 heterocycles. The van der Waals surface area contributed by atoms with Crippen LogP contribution in [0.5, 0.6) is 5.75 Å². The van der Waals surface area contributed by atoms with Crippen LogP contribution in [0.15, 0.2) is 23.6 Å². The molecular weight excluding hydrogens is 268 g/mol. The largest absolute Gasteiger partial charge is 0.485 e. The van der Waals surface area contributed by atoms with E-state index >= 15 is 0 Å². The fourth-order valence-corrected chi connectivity index (χ4v) is 2.52. The van der Waals surface area contributed by atoms with Crippen molar-refractivity contribution in [2.75, 3.05) is 7.05 Å². The highest BCUT2D eigenvalue weighted by Gasteiger charge is 2.05. The van der Waals surface area contributed by atoms with Crippen molar-refractivity contribution in [3.8, 4) is 5.75 Å². The summed E-state index contributed by atoms with van der Waals surface area (Å²) < 4.78 is 5.66. The monoisotopic (exact) mass is 282 g/mol. The van der Waals surface area contributed by atoms with Crippen LogP contribution in [-0.2, 0) is 13.2 Å². The third-order valence-corrected chi connectivity index (χ3v) is 3.63. The van der Waals surface area contributed by atoms with E-state index in [9.17, 15) is 0 Å². The molecule has 0 fully saturated rings. The summed E-state index contributed by atoms with van der Waals surface area (Å²) in [7, 11) is 1.91. The highest BCUT2D eigenvalue weighted by Crippen LogP contribution is 2.26. The van der Waals surface area contributed by atoms with Gasteiger partial charge < -0.3 is 10.1 Å². The lowest BCUT2D eigenvalue weighted by Gasteiger charge is -2.08. The molecule has 0 bridgehead atoms. The fraction of sp³-hybridized carbons (Fsp3) is 0.308. The van der Waals surface area contributed by atoms with Crippen LogP contribution < -0.4 is 10.1 Å². The number of hydrogen-bond donors (Lipinski definition) is 1. The Morgan fingerprint density at radius 1 is 1.44 bits per heavy atom. The van der Waals surface area contributed by atoms with Gasteiger partial charge in [0.05, 0.1) is 5.02 Å². The summed E-state index contributed by atoms with van der Waals surface area (Å²) in [6.45, 7) is 3.23. The number of hydrogen-bond acceptors (Lipinski definition) is 4. The van der Waals surface area contributed by atoms with Gasteiger partial charge in [0.25, 0.3) is 0 Å². The van der Waals surface area contributed by atoms with Gasteiger partial charge in [0.2, 0.25) is 0 Å². The molecule has 0 amide bonds. The van der Waals surface area contributed by atoms with E-state index in [0.29, 0.717) is 17.4 Å². The van der Waals surface area contributed by atoms with Crippen molar-refractivity contribution in [3.63, 3.8) is 0 Å². The van der Waals surface area contributed by atoms with Crippen LogP contribution in [0.2, 0.25) is 5.02 Å². The van der Waals surface area contributed by atoms with Crippen LogP contribution in [0.3, 0.4) is 0 Å². The Labute approximate surface area is 116 Å². The van der Waals surface area contributed by atoms with E-state index in [0.717, 1.165) is 22.8 Å². The summed E-state index contributed by atoms with van der Waals surface area (Å²) >= 11 is 7.76. The van der Waals surface area contributed by atoms with Crippen LogP contribution in [0.4, 0.5) is 0 Å². The van der Waals surface area contributed by atoms with Crippen molar-refractivity contribution in [2.24, 2.45) is 0 Å². The molecule has 0 radical (unpaired) electrons. The minimum atomic E-state index is 0.462. The van der Waals surface area contributed by atoms with Crippen LogP contribution in [-0.4, -0.2) is 12.0 Å². The number of aromatic nitrogens is 1. The number of rotatable bonds is 5. The van der Waals surface area contributed by atoms with Gasteiger partial charge in [0.15, 0.2) is 0 Å². The normalized spacial score (nSPS) is 10.6. The number of aryl methyl sites for hydroxylation is 1. The quantitative estimate of drug-likeness (QED) is 0.913. The molecule has 96 valence electrons. The Balaban J connectivity index is 2.01. The number of nitrogens with one attached hydrogen (secondary N) is 1. The number of thiazole rings is 1. The summed E-state index contributed by atoms with van der Waals surface area (Å²) in [5.74, 6) is 0.698. The molecule has 1 aromatic heterocycles. The first-order chi connectivity index (χ1) is 8.69. The zero-order valence-corrected chi connectivity index (χ0v) is 11.9. The predicted molar refractivity (Wildman–Crippen MR) is 75.4 cm³/mol. The highest BCUT2D eigenvalue weighted by atomic mass is 35.5. The lowest BCUT2D eigenvalue weighted by Crippen LogP contribution is -2.05. The lowest BCUT2D eigenvalue weighted by molar-refractivity contribution is 0.305. The number of halogens is 1. The summed E-state index contributed by atoms with van der Waals surface area (Å²) in [6.07, 6.45) is 0. The molecule has 3 nitrogen and oxygen atoms in total. The van der Waals surface area contributed by atoms with Gasteiger partial charge in [-0.2, -0.15) is 0 Å². The Morgan fingerprint density at radius 2 is 2.28 bits per heavy atom. The van der Waals surface area contributed by atoms with Gasteiger partial charge in [-0.15, -0.1) is 11.3 Å². The van der Waals surface area contributed by atoms with Crippen LogP contribution in [0, 0.1) is 6.92 Å². The van der Waals surface area contributed by atoms with Gasteiger partial charge in [-0.05, 0) is 31.7 Å². The molecule has 18 heavy (non-hydrogen) atoms. The fourth-order valence-electron chi connectivity index (χ4n) is 1.58. The van der Waals surface area contributed by atoms with E-state index in [1.54, 1.807) is 11.3 Å². The molecule has 2 rings (SSSR count).